The molecule has 2 N–H and O–H groups in total. The fraction of sp³-hybridized carbons (Fsp3) is 0.118. The summed E-state index contributed by atoms with van der Waals surface area (Å²) >= 11 is 0. The summed E-state index contributed by atoms with van der Waals surface area (Å²) in [7, 11) is -3.93. The number of hydrogen-bond acceptors (Lipinski definition) is 3. The van der Waals surface area contributed by atoms with Crippen LogP contribution in [0.2, 0.25) is 0 Å². The first-order valence-corrected chi connectivity index (χ1v) is 8.77. The van der Waals surface area contributed by atoms with E-state index in [4.69, 9.17) is 5.14 Å². The highest BCUT2D eigenvalue weighted by Gasteiger charge is 2.13. The maximum Gasteiger partial charge on any atom is 0.238 e. The van der Waals surface area contributed by atoms with E-state index in [-0.39, 0.29) is 4.90 Å². The second kappa shape index (κ2) is 5.85. The van der Waals surface area contributed by atoms with Crippen LogP contribution in [-0.2, 0) is 10.0 Å². The van der Waals surface area contributed by atoms with Crippen LogP contribution in [0.25, 0.3) is 16.8 Å². The van der Waals surface area contributed by atoms with Crippen molar-refractivity contribution < 1.29 is 12.8 Å². The number of primary sulfonamides is 1. The highest BCUT2D eigenvalue weighted by molar-refractivity contribution is 7.89. The smallest absolute Gasteiger partial charge is 0.238 e. The Hall–Kier alpha value is -2.51. The minimum absolute atomic E-state index is 0.251. The predicted molar refractivity (Wildman–Crippen MR) is 89.8 cm³/mol. The summed E-state index contributed by atoms with van der Waals surface area (Å²) in [5.41, 5.74) is 3.58. The topological polar surface area (TPSA) is 78.0 Å². The number of hydrogen-bond donors (Lipinski definition) is 1. The number of rotatable bonds is 3. The fourth-order valence-electron chi connectivity index (χ4n) is 2.60. The van der Waals surface area contributed by atoms with Gasteiger partial charge in [-0.1, -0.05) is 18.2 Å². The Morgan fingerprint density at radius 1 is 1.08 bits per heavy atom. The van der Waals surface area contributed by atoms with Crippen LogP contribution in [0.3, 0.4) is 0 Å². The molecule has 24 heavy (non-hydrogen) atoms. The van der Waals surface area contributed by atoms with Crippen LogP contribution in [-0.4, -0.2) is 18.2 Å². The summed E-state index contributed by atoms with van der Waals surface area (Å²) in [6.07, 6.45) is 0. The summed E-state index contributed by atoms with van der Waals surface area (Å²) in [5.74, 6) is -0.646. The largest absolute Gasteiger partial charge is 0.238 e. The van der Waals surface area contributed by atoms with Crippen LogP contribution in [0.4, 0.5) is 4.39 Å². The average molecular weight is 345 g/mol. The first kappa shape index (κ1) is 16.4. The summed E-state index contributed by atoms with van der Waals surface area (Å²) in [5, 5.41) is 9.44. The summed E-state index contributed by atoms with van der Waals surface area (Å²) in [6.45, 7) is 3.84. The van der Waals surface area contributed by atoms with Gasteiger partial charge >= 0.3 is 0 Å². The van der Waals surface area contributed by atoms with Gasteiger partial charge in [-0.2, -0.15) is 5.10 Å². The van der Waals surface area contributed by atoms with E-state index in [0.29, 0.717) is 11.1 Å². The van der Waals surface area contributed by atoms with E-state index in [1.165, 1.54) is 12.1 Å². The van der Waals surface area contributed by atoms with Crippen molar-refractivity contribution in [2.24, 2.45) is 5.14 Å². The molecule has 7 heteroatoms. The molecule has 0 aliphatic rings. The van der Waals surface area contributed by atoms with E-state index in [0.717, 1.165) is 23.1 Å². The van der Waals surface area contributed by atoms with E-state index in [9.17, 15) is 12.8 Å². The lowest BCUT2D eigenvalue weighted by molar-refractivity contribution is 0.593. The van der Waals surface area contributed by atoms with Gasteiger partial charge in [0.1, 0.15) is 5.82 Å². The van der Waals surface area contributed by atoms with Crippen LogP contribution < -0.4 is 5.14 Å². The van der Waals surface area contributed by atoms with Crippen LogP contribution in [0.5, 0.6) is 0 Å². The number of nitrogens with two attached hydrogens (primary N) is 1. The van der Waals surface area contributed by atoms with Gasteiger partial charge in [-0.15, -0.1) is 0 Å². The number of halogens is 1. The van der Waals surface area contributed by atoms with Crippen molar-refractivity contribution in [3.63, 3.8) is 0 Å². The van der Waals surface area contributed by atoms with Crippen LogP contribution in [0, 0.1) is 19.7 Å². The van der Waals surface area contributed by atoms with Gasteiger partial charge in [-0.05, 0) is 49.7 Å². The Balaban J connectivity index is 2.08. The first-order valence-electron chi connectivity index (χ1n) is 7.22. The van der Waals surface area contributed by atoms with Crippen molar-refractivity contribution in [1.29, 1.82) is 0 Å². The van der Waals surface area contributed by atoms with Gasteiger partial charge in [-0.3, -0.25) is 0 Å². The Bertz CT molecular complexity index is 1030. The van der Waals surface area contributed by atoms with E-state index in [1.807, 2.05) is 26.0 Å². The standard InChI is InChI=1S/C17H16FN3O2S/c1-11-8-12(2)21(20-11)14-5-3-4-13(9-14)16-7-6-15(10-17(16)18)24(19,22)23/h3-10H,1-2H3,(H2,19,22,23). The summed E-state index contributed by atoms with van der Waals surface area (Å²) < 4.78 is 38.7. The van der Waals surface area contributed by atoms with Gasteiger partial charge < -0.3 is 0 Å². The summed E-state index contributed by atoms with van der Waals surface area (Å²) in [4.78, 5) is -0.251. The Kier molecular flexibility index (Phi) is 3.98. The minimum atomic E-state index is -3.93. The normalized spacial score (nSPS) is 11.7. The SMILES string of the molecule is Cc1cc(C)n(-c2cccc(-c3ccc(S(N)(=O)=O)cc3F)c2)n1. The zero-order valence-electron chi connectivity index (χ0n) is 13.2. The first-order chi connectivity index (χ1) is 11.3. The average Bonchev–Trinajstić information content (AvgIpc) is 2.85. The molecule has 0 fully saturated rings. The second-order valence-corrected chi connectivity index (χ2v) is 7.14. The van der Waals surface area contributed by atoms with E-state index >= 15 is 0 Å². The molecule has 0 aliphatic carbocycles. The number of aryl methyl sites for hydroxylation is 2. The Morgan fingerprint density at radius 2 is 1.83 bits per heavy atom. The molecule has 0 saturated heterocycles. The van der Waals surface area contributed by atoms with Crippen LogP contribution >= 0.6 is 0 Å². The molecule has 1 heterocycles. The van der Waals surface area contributed by atoms with E-state index < -0.39 is 15.8 Å². The monoisotopic (exact) mass is 345 g/mol. The highest BCUT2D eigenvalue weighted by Crippen LogP contribution is 2.27. The molecular formula is C17H16FN3O2S. The summed E-state index contributed by atoms with van der Waals surface area (Å²) in [6, 6.07) is 12.8. The molecule has 3 aromatic rings. The van der Waals surface area contributed by atoms with Crippen molar-refractivity contribution in [2.45, 2.75) is 18.7 Å². The molecule has 124 valence electrons. The number of nitrogens with zero attached hydrogens (tertiary/aromatic N) is 2. The Labute approximate surface area is 139 Å². The molecule has 0 bridgehead atoms. The second-order valence-electron chi connectivity index (χ2n) is 5.58. The van der Waals surface area contributed by atoms with Gasteiger partial charge in [0.25, 0.3) is 0 Å². The molecule has 0 spiro atoms. The van der Waals surface area contributed by atoms with Gasteiger partial charge in [-0.25, -0.2) is 22.6 Å². The molecule has 5 nitrogen and oxygen atoms in total. The fourth-order valence-corrected chi connectivity index (χ4v) is 3.13. The van der Waals surface area contributed by atoms with Crippen molar-refractivity contribution in [2.75, 3.05) is 0 Å². The minimum Gasteiger partial charge on any atom is -0.238 e. The molecule has 0 atom stereocenters. The quantitative estimate of drug-likeness (QED) is 0.793. The molecular weight excluding hydrogens is 329 g/mol. The zero-order chi connectivity index (χ0) is 17.5. The number of sulfonamides is 1. The third-order valence-corrected chi connectivity index (χ3v) is 4.59. The molecule has 2 aromatic carbocycles. The lowest BCUT2D eigenvalue weighted by atomic mass is 10.0. The van der Waals surface area contributed by atoms with Crippen molar-refractivity contribution in [3.05, 3.63) is 65.7 Å². The van der Waals surface area contributed by atoms with Crippen molar-refractivity contribution in [3.8, 4) is 16.8 Å². The zero-order valence-corrected chi connectivity index (χ0v) is 14.0. The van der Waals surface area contributed by atoms with Crippen molar-refractivity contribution >= 4 is 10.0 Å². The highest BCUT2D eigenvalue weighted by atomic mass is 32.2. The van der Waals surface area contributed by atoms with E-state index in [2.05, 4.69) is 5.10 Å². The van der Waals surface area contributed by atoms with Gasteiger partial charge in [0.05, 0.1) is 16.3 Å². The maximum absolute atomic E-state index is 14.3. The predicted octanol–water partition coefficient (Wildman–Crippen LogP) is 2.94. The van der Waals surface area contributed by atoms with Gasteiger partial charge in [0.15, 0.2) is 0 Å². The molecule has 0 radical (unpaired) electrons. The Morgan fingerprint density at radius 3 is 2.42 bits per heavy atom. The van der Waals surface area contributed by atoms with Gasteiger partial charge in [0, 0.05) is 11.3 Å². The van der Waals surface area contributed by atoms with Crippen LogP contribution in [0.15, 0.2) is 53.4 Å². The van der Waals surface area contributed by atoms with Crippen LogP contribution in [0.1, 0.15) is 11.4 Å². The van der Waals surface area contributed by atoms with Gasteiger partial charge in [0.2, 0.25) is 10.0 Å². The van der Waals surface area contributed by atoms with Crippen molar-refractivity contribution in [1.82, 2.24) is 9.78 Å². The molecule has 0 saturated carbocycles. The van der Waals surface area contributed by atoms with E-state index in [1.54, 1.807) is 22.9 Å². The number of benzene rings is 2. The maximum atomic E-state index is 14.3. The molecule has 0 amide bonds. The molecule has 1 aromatic heterocycles. The lowest BCUT2D eigenvalue weighted by Crippen LogP contribution is -2.12. The molecule has 3 rings (SSSR count). The number of aromatic nitrogens is 2. The third-order valence-electron chi connectivity index (χ3n) is 3.68. The molecule has 0 aliphatic heterocycles. The molecule has 0 unspecified atom stereocenters. The lowest BCUT2D eigenvalue weighted by Gasteiger charge is -2.09. The third kappa shape index (κ3) is 3.08.